The topological polar surface area (TPSA) is 98.0 Å². The molecule has 2 N–H and O–H groups in total. The zero-order chi connectivity index (χ0) is 19.4. The Morgan fingerprint density at radius 2 is 2.07 bits per heavy atom. The Labute approximate surface area is 156 Å². The zero-order valence-corrected chi connectivity index (χ0v) is 14.5. The maximum absolute atomic E-state index is 12.2. The standard InChI is InChI=1S/C15H14ClF3N6O2/c16-14-22-11-9(7-26)24-25(5-6-27-8-15(17,18)19)12(11)13(23-14)21-10-3-1-2-4-20-10/h1-4,26H,5-8H2,(H,20,21,22,23). The molecule has 0 aliphatic rings. The fourth-order valence-electron chi connectivity index (χ4n) is 2.37. The molecule has 0 atom stereocenters. The molecule has 0 radical (unpaired) electrons. The molecule has 0 saturated carbocycles. The van der Waals surface area contributed by atoms with Gasteiger partial charge in [-0.2, -0.15) is 23.3 Å². The van der Waals surface area contributed by atoms with Gasteiger partial charge in [-0.05, 0) is 23.7 Å². The molecule has 0 aliphatic heterocycles. The number of nitrogens with one attached hydrogen (secondary N) is 1. The van der Waals surface area contributed by atoms with E-state index in [-0.39, 0.29) is 35.5 Å². The van der Waals surface area contributed by atoms with Crippen LogP contribution in [0.5, 0.6) is 0 Å². The van der Waals surface area contributed by atoms with Crippen molar-refractivity contribution < 1.29 is 23.0 Å². The highest BCUT2D eigenvalue weighted by molar-refractivity contribution is 6.28. The van der Waals surface area contributed by atoms with E-state index in [1.54, 1.807) is 24.4 Å². The largest absolute Gasteiger partial charge is 0.411 e. The minimum absolute atomic E-state index is 0.00549. The number of halogens is 4. The number of hydrogen-bond donors (Lipinski definition) is 2. The molecule has 0 aromatic carbocycles. The van der Waals surface area contributed by atoms with Crippen molar-refractivity contribution in [3.05, 3.63) is 35.4 Å². The normalized spacial score (nSPS) is 11.9. The molecule has 144 valence electrons. The van der Waals surface area contributed by atoms with Crippen LogP contribution in [0.3, 0.4) is 0 Å². The van der Waals surface area contributed by atoms with E-state index in [1.807, 2.05) is 0 Å². The first-order valence-electron chi connectivity index (χ1n) is 7.73. The Morgan fingerprint density at radius 1 is 1.26 bits per heavy atom. The highest BCUT2D eigenvalue weighted by Gasteiger charge is 2.27. The van der Waals surface area contributed by atoms with Crippen LogP contribution < -0.4 is 5.32 Å². The van der Waals surface area contributed by atoms with Gasteiger partial charge in [-0.3, -0.25) is 4.68 Å². The number of nitrogens with zero attached hydrogens (tertiary/aromatic N) is 5. The minimum Gasteiger partial charge on any atom is -0.390 e. The highest BCUT2D eigenvalue weighted by atomic mass is 35.5. The van der Waals surface area contributed by atoms with Crippen molar-refractivity contribution in [2.24, 2.45) is 0 Å². The maximum Gasteiger partial charge on any atom is 0.411 e. The summed E-state index contributed by atoms with van der Waals surface area (Å²) in [6.45, 7) is -2.04. The number of aliphatic hydroxyl groups is 1. The van der Waals surface area contributed by atoms with Crippen LogP contribution in [0.4, 0.5) is 24.8 Å². The second-order valence-corrected chi connectivity index (χ2v) is 5.71. The van der Waals surface area contributed by atoms with Crippen LogP contribution >= 0.6 is 11.6 Å². The molecule has 0 amide bonds. The number of rotatable bonds is 7. The lowest BCUT2D eigenvalue weighted by atomic mass is 10.3. The lowest BCUT2D eigenvalue weighted by Gasteiger charge is -2.10. The van der Waals surface area contributed by atoms with Crippen LogP contribution in [-0.4, -0.2) is 49.2 Å². The number of ether oxygens (including phenoxy) is 1. The number of anilines is 2. The first kappa shape index (κ1) is 19.3. The van der Waals surface area contributed by atoms with E-state index in [9.17, 15) is 18.3 Å². The van der Waals surface area contributed by atoms with E-state index >= 15 is 0 Å². The van der Waals surface area contributed by atoms with Gasteiger partial charge < -0.3 is 15.2 Å². The maximum atomic E-state index is 12.2. The Morgan fingerprint density at radius 3 is 2.74 bits per heavy atom. The summed E-state index contributed by atoms with van der Waals surface area (Å²) in [7, 11) is 0. The Bertz CT molecular complexity index is 919. The fourth-order valence-corrected chi connectivity index (χ4v) is 2.54. The molecule has 8 nitrogen and oxygen atoms in total. The van der Waals surface area contributed by atoms with E-state index in [4.69, 9.17) is 11.6 Å². The van der Waals surface area contributed by atoms with Gasteiger partial charge in [0.15, 0.2) is 5.82 Å². The van der Waals surface area contributed by atoms with Gasteiger partial charge >= 0.3 is 6.18 Å². The molecule has 0 fully saturated rings. The van der Waals surface area contributed by atoms with Gasteiger partial charge in [0.05, 0.1) is 19.8 Å². The molecule has 0 aliphatic carbocycles. The number of alkyl halides is 3. The molecule has 3 rings (SSSR count). The zero-order valence-electron chi connectivity index (χ0n) is 13.7. The van der Waals surface area contributed by atoms with Crippen LogP contribution in [0.1, 0.15) is 5.69 Å². The van der Waals surface area contributed by atoms with Gasteiger partial charge in [0, 0.05) is 6.20 Å². The van der Waals surface area contributed by atoms with Gasteiger partial charge in [0.25, 0.3) is 0 Å². The number of aromatic nitrogens is 5. The van der Waals surface area contributed by atoms with Crippen molar-refractivity contribution >= 4 is 34.3 Å². The third kappa shape index (κ3) is 4.81. The molecule has 3 heterocycles. The summed E-state index contributed by atoms with van der Waals surface area (Å²) in [5.41, 5.74) is 0.866. The van der Waals surface area contributed by atoms with Crippen LogP contribution in [0.15, 0.2) is 24.4 Å². The summed E-state index contributed by atoms with van der Waals surface area (Å²) in [4.78, 5) is 12.3. The molecule has 0 bridgehead atoms. The van der Waals surface area contributed by atoms with Gasteiger partial charge in [0.1, 0.15) is 29.2 Å². The van der Waals surface area contributed by atoms with E-state index < -0.39 is 19.4 Å². The summed E-state index contributed by atoms with van der Waals surface area (Å²) in [6, 6.07) is 5.19. The molecule has 0 unspecified atom stereocenters. The molecule has 3 aromatic heterocycles. The van der Waals surface area contributed by atoms with Crippen LogP contribution in [0.25, 0.3) is 11.0 Å². The molecule has 0 spiro atoms. The lowest BCUT2D eigenvalue weighted by Crippen LogP contribution is -2.19. The van der Waals surface area contributed by atoms with E-state index in [0.717, 1.165) is 0 Å². The van der Waals surface area contributed by atoms with Gasteiger partial charge in [-0.25, -0.2) is 9.97 Å². The average molecular weight is 403 g/mol. The van der Waals surface area contributed by atoms with Crippen LogP contribution in [0, 0.1) is 0 Å². The van der Waals surface area contributed by atoms with Crippen LogP contribution in [0.2, 0.25) is 5.28 Å². The Kier molecular flexibility index (Phi) is 5.73. The molecule has 3 aromatic rings. The Hall–Kier alpha value is -2.50. The average Bonchev–Trinajstić information content (AvgIpc) is 2.96. The molecule has 0 saturated heterocycles. The van der Waals surface area contributed by atoms with Crippen LogP contribution in [-0.2, 0) is 17.9 Å². The first-order valence-corrected chi connectivity index (χ1v) is 8.11. The van der Waals surface area contributed by atoms with E-state index in [0.29, 0.717) is 11.3 Å². The quantitative estimate of drug-likeness (QED) is 0.463. The summed E-state index contributed by atoms with van der Waals surface area (Å²) < 4.78 is 42.6. The van der Waals surface area contributed by atoms with E-state index in [1.165, 1.54) is 4.68 Å². The molecular formula is C15H14ClF3N6O2. The number of fused-ring (bicyclic) bond motifs is 1. The fraction of sp³-hybridized carbons (Fsp3) is 0.333. The highest BCUT2D eigenvalue weighted by Crippen LogP contribution is 2.27. The van der Waals surface area contributed by atoms with Gasteiger partial charge in [-0.1, -0.05) is 6.07 Å². The van der Waals surface area contributed by atoms with Crippen molar-refractivity contribution in [3.8, 4) is 0 Å². The van der Waals surface area contributed by atoms with Crippen molar-refractivity contribution in [1.82, 2.24) is 24.7 Å². The summed E-state index contributed by atoms with van der Waals surface area (Å²) in [6.07, 6.45) is -2.84. The Balaban J connectivity index is 1.93. The van der Waals surface area contributed by atoms with Crippen molar-refractivity contribution in [2.45, 2.75) is 19.3 Å². The monoisotopic (exact) mass is 402 g/mol. The molecule has 12 heteroatoms. The third-order valence-corrected chi connectivity index (χ3v) is 3.57. The smallest absolute Gasteiger partial charge is 0.390 e. The third-order valence-electron chi connectivity index (χ3n) is 3.40. The van der Waals surface area contributed by atoms with Crippen molar-refractivity contribution in [1.29, 1.82) is 0 Å². The van der Waals surface area contributed by atoms with Crippen molar-refractivity contribution in [3.63, 3.8) is 0 Å². The number of hydrogen-bond acceptors (Lipinski definition) is 7. The summed E-state index contributed by atoms with van der Waals surface area (Å²) in [5.74, 6) is 0.729. The predicted octanol–water partition coefficient (Wildman–Crippen LogP) is 2.69. The number of aliphatic hydroxyl groups excluding tert-OH is 1. The second-order valence-electron chi connectivity index (χ2n) is 5.37. The molecular weight excluding hydrogens is 389 g/mol. The van der Waals surface area contributed by atoms with Gasteiger partial charge in [0.2, 0.25) is 5.28 Å². The lowest BCUT2D eigenvalue weighted by molar-refractivity contribution is -0.174. The SMILES string of the molecule is OCc1nn(CCOCC(F)(F)F)c2c(Nc3ccccn3)nc(Cl)nc12. The van der Waals surface area contributed by atoms with E-state index in [2.05, 4.69) is 30.1 Å². The molecule has 27 heavy (non-hydrogen) atoms. The minimum atomic E-state index is -4.41. The van der Waals surface area contributed by atoms with Crippen molar-refractivity contribution in [2.75, 3.05) is 18.5 Å². The number of pyridine rings is 1. The second kappa shape index (κ2) is 8.03. The summed E-state index contributed by atoms with van der Waals surface area (Å²) >= 11 is 5.95. The first-order chi connectivity index (χ1) is 12.9. The predicted molar refractivity (Wildman–Crippen MR) is 90.6 cm³/mol. The summed E-state index contributed by atoms with van der Waals surface area (Å²) in [5, 5.41) is 16.6. The van der Waals surface area contributed by atoms with Gasteiger partial charge in [-0.15, -0.1) is 0 Å².